The molecule has 16 heavy (non-hydrogen) atoms. The Morgan fingerprint density at radius 2 is 2.38 bits per heavy atom. The molecule has 0 radical (unpaired) electrons. The Bertz CT molecular complexity index is 391. The maximum Gasteiger partial charge on any atom is 0.115 e. The van der Waals surface area contributed by atoms with Gasteiger partial charge in [-0.05, 0) is 19.4 Å². The van der Waals surface area contributed by atoms with E-state index in [1.54, 1.807) is 24.0 Å². The highest BCUT2D eigenvalue weighted by Crippen LogP contribution is 2.21. The van der Waals surface area contributed by atoms with E-state index in [2.05, 4.69) is 37.3 Å². The molecule has 0 aliphatic heterocycles. The van der Waals surface area contributed by atoms with Gasteiger partial charge in [0.15, 0.2) is 0 Å². The van der Waals surface area contributed by atoms with Crippen LogP contribution in [-0.4, -0.2) is 20.7 Å². The number of allylic oxidation sites excluding steroid dienone is 3. The summed E-state index contributed by atoms with van der Waals surface area (Å²) >= 11 is 1.69. The molecule has 3 nitrogen and oxygen atoms in total. The summed E-state index contributed by atoms with van der Waals surface area (Å²) in [5.41, 5.74) is 1.06. The van der Waals surface area contributed by atoms with Crippen molar-refractivity contribution in [3.63, 3.8) is 0 Å². The van der Waals surface area contributed by atoms with Crippen LogP contribution in [0.4, 0.5) is 0 Å². The number of hydrogen-bond acceptors (Lipinski definition) is 3. The van der Waals surface area contributed by atoms with Crippen molar-refractivity contribution in [2.75, 3.05) is 5.75 Å². The zero-order valence-corrected chi connectivity index (χ0v) is 10.6. The zero-order chi connectivity index (χ0) is 12.0. The van der Waals surface area contributed by atoms with E-state index < -0.39 is 0 Å². The van der Waals surface area contributed by atoms with Gasteiger partial charge in [-0.25, -0.2) is 4.68 Å². The van der Waals surface area contributed by atoms with Gasteiger partial charge in [0.05, 0.1) is 6.20 Å². The molecule has 0 N–H and O–H groups in total. The maximum absolute atomic E-state index is 4.04. The van der Waals surface area contributed by atoms with Crippen LogP contribution in [0.25, 0.3) is 0 Å². The largest absolute Gasteiger partial charge is 0.236 e. The fourth-order valence-corrected chi connectivity index (χ4v) is 2.04. The number of aromatic nitrogens is 3. The molecule has 0 fully saturated rings. The summed E-state index contributed by atoms with van der Waals surface area (Å²) in [6, 6.07) is 0.335. The maximum atomic E-state index is 4.04. The van der Waals surface area contributed by atoms with Crippen molar-refractivity contribution in [2.24, 2.45) is 0 Å². The molecule has 86 valence electrons. The van der Waals surface area contributed by atoms with E-state index in [1.807, 2.05) is 16.8 Å². The van der Waals surface area contributed by atoms with Crippen LogP contribution in [0.5, 0.6) is 0 Å². The fraction of sp³-hybridized carbons (Fsp3) is 0.333. The van der Waals surface area contributed by atoms with Gasteiger partial charge in [0.25, 0.3) is 0 Å². The van der Waals surface area contributed by atoms with E-state index in [9.17, 15) is 0 Å². The Balaban J connectivity index is 2.54. The molecule has 0 unspecified atom stereocenters. The lowest BCUT2D eigenvalue weighted by molar-refractivity contribution is 0.479. The van der Waals surface area contributed by atoms with Crippen molar-refractivity contribution in [3.8, 4) is 0 Å². The standard InChI is InChI=1S/C12H17N3S/c1-5-6-7-11(4)9-16-12-8-13-14-15(12)10(2)3/h5-8,10H,1,4,9H2,2-3H3/b7-6-. The Labute approximate surface area is 101 Å². The van der Waals surface area contributed by atoms with E-state index in [4.69, 9.17) is 0 Å². The molecule has 1 aromatic rings. The van der Waals surface area contributed by atoms with Crippen LogP contribution in [0, 0.1) is 0 Å². The third-order valence-corrected chi connectivity index (χ3v) is 3.01. The molecule has 1 heterocycles. The third kappa shape index (κ3) is 3.70. The molecule has 0 spiro atoms. The van der Waals surface area contributed by atoms with Gasteiger partial charge in [0.2, 0.25) is 0 Å². The van der Waals surface area contributed by atoms with Gasteiger partial charge in [-0.15, -0.1) is 16.9 Å². The summed E-state index contributed by atoms with van der Waals surface area (Å²) in [6.45, 7) is 11.8. The lowest BCUT2D eigenvalue weighted by Gasteiger charge is -2.08. The molecular formula is C12H17N3S. The number of thioether (sulfide) groups is 1. The van der Waals surface area contributed by atoms with Crippen LogP contribution >= 0.6 is 11.8 Å². The zero-order valence-electron chi connectivity index (χ0n) is 9.76. The van der Waals surface area contributed by atoms with Gasteiger partial charge in [-0.2, -0.15) is 0 Å². The van der Waals surface area contributed by atoms with Gasteiger partial charge in [0, 0.05) is 11.8 Å². The first-order valence-electron chi connectivity index (χ1n) is 5.15. The molecule has 0 amide bonds. The van der Waals surface area contributed by atoms with Crippen LogP contribution in [-0.2, 0) is 0 Å². The molecule has 0 saturated carbocycles. The molecule has 0 aliphatic carbocycles. The monoisotopic (exact) mass is 235 g/mol. The van der Waals surface area contributed by atoms with Crippen molar-refractivity contribution in [1.29, 1.82) is 0 Å². The molecule has 0 bridgehead atoms. The van der Waals surface area contributed by atoms with Crippen molar-refractivity contribution < 1.29 is 0 Å². The molecule has 4 heteroatoms. The Morgan fingerprint density at radius 3 is 3.00 bits per heavy atom. The van der Waals surface area contributed by atoms with E-state index in [0.717, 1.165) is 16.4 Å². The van der Waals surface area contributed by atoms with Gasteiger partial charge in [0.1, 0.15) is 5.03 Å². The fourth-order valence-electron chi connectivity index (χ4n) is 1.11. The first-order chi connectivity index (χ1) is 7.65. The van der Waals surface area contributed by atoms with Gasteiger partial charge in [-0.3, -0.25) is 0 Å². The quantitative estimate of drug-likeness (QED) is 0.560. The highest BCUT2D eigenvalue weighted by Gasteiger charge is 2.07. The molecule has 1 aromatic heterocycles. The van der Waals surface area contributed by atoms with Crippen LogP contribution < -0.4 is 0 Å². The molecular weight excluding hydrogens is 218 g/mol. The van der Waals surface area contributed by atoms with Crippen LogP contribution in [0.1, 0.15) is 19.9 Å². The number of rotatable bonds is 6. The predicted octanol–water partition coefficient (Wildman–Crippen LogP) is 3.25. The number of nitrogens with zero attached hydrogens (tertiary/aromatic N) is 3. The average molecular weight is 235 g/mol. The molecule has 0 atom stereocenters. The van der Waals surface area contributed by atoms with Gasteiger partial charge < -0.3 is 0 Å². The Morgan fingerprint density at radius 1 is 1.62 bits per heavy atom. The van der Waals surface area contributed by atoms with Gasteiger partial charge in [-0.1, -0.05) is 36.6 Å². The van der Waals surface area contributed by atoms with Gasteiger partial charge >= 0.3 is 0 Å². The summed E-state index contributed by atoms with van der Waals surface area (Å²) in [6.07, 6.45) is 7.38. The van der Waals surface area contributed by atoms with E-state index >= 15 is 0 Å². The minimum absolute atomic E-state index is 0.335. The minimum Gasteiger partial charge on any atom is -0.236 e. The highest BCUT2D eigenvalue weighted by atomic mass is 32.2. The van der Waals surface area contributed by atoms with Crippen molar-refractivity contribution in [1.82, 2.24) is 15.0 Å². The van der Waals surface area contributed by atoms with E-state index in [1.165, 1.54) is 0 Å². The SMILES string of the molecule is C=C/C=C\C(=C)CSc1cnnn1C(C)C. The molecule has 0 aromatic carbocycles. The number of hydrogen-bond donors (Lipinski definition) is 0. The second-order valence-corrected chi connectivity index (χ2v) is 4.65. The third-order valence-electron chi connectivity index (χ3n) is 1.90. The van der Waals surface area contributed by atoms with Crippen LogP contribution in [0.3, 0.4) is 0 Å². The molecule has 0 aliphatic rings. The van der Waals surface area contributed by atoms with Crippen LogP contribution in [0.15, 0.2) is 48.2 Å². The van der Waals surface area contributed by atoms with Crippen molar-refractivity contribution in [2.45, 2.75) is 24.9 Å². The first kappa shape index (κ1) is 12.8. The lowest BCUT2D eigenvalue weighted by atomic mass is 10.3. The second-order valence-electron chi connectivity index (χ2n) is 3.65. The normalized spacial score (nSPS) is 11.2. The highest BCUT2D eigenvalue weighted by molar-refractivity contribution is 7.99. The Kier molecular flexibility index (Phi) is 5.05. The lowest BCUT2D eigenvalue weighted by Crippen LogP contribution is -2.04. The summed E-state index contributed by atoms with van der Waals surface area (Å²) < 4.78 is 1.91. The first-order valence-corrected chi connectivity index (χ1v) is 6.13. The minimum atomic E-state index is 0.335. The summed E-state index contributed by atoms with van der Waals surface area (Å²) in [5.74, 6) is 0.838. The van der Waals surface area contributed by atoms with E-state index in [0.29, 0.717) is 6.04 Å². The smallest absolute Gasteiger partial charge is 0.115 e. The summed E-state index contributed by atoms with van der Waals surface area (Å²) in [5, 5.41) is 9.02. The second kappa shape index (κ2) is 6.33. The van der Waals surface area contributed by atoms with Crippen molar-refractivity contribution >= 4 is 11.8 Å². The average Bonchev–Trinajstić information content (AvgIpc) is 2.71. The molecule has 0 saturated heterocycles. The van der Waals surface area contributed by atoms with Crippen LogP contribution in [0.2, 0.25) is 0 Å². The Hall–Kier alpha value is -1.29. The van der Waals surface area contributed by atoms with E-state index in [-0.39, 0.29) is 0 Å². The summed E-state index contributed by atoms with van der Waals surface area (Å²) in [4.78, 5) is 0. The predicted molar refractivity (Wildman–Crippen MR) is 69.6 cm³/mol. The molecule has 1 rings (SSSR count). The van der Waals surface area contributed by atoms with Crippen molar-refractivity contribution in [3.05, 3.63) is 43.2 Å². The summed E-state index contributed by atoms with van der Waals surface area (Å²) in [7, 11) is 0. The topological polar surface area (TPSA) is 30.7 Å².